The minimum Gasteiger partial charge on any atom is -0.296 e. The van der Waals surface area contributed by atoms with Gasteiger partial charge in [0.2, 0.25) is 0 Å². The van der Waals surface area contributed by atoms with Gasteiger partial charge in [-0.2, -0.15) is 9.78 Å². The largest absolute Gasteiger partial charge is 0.296 e. The summed E-state index contributed by atoms with van der Waals surface area (Å²) in [5.74, 6) is -0.443. The van der Waals surface area contributed by atoms with Gasteiger partial charge in [-0.15, -0.1) is 11.3 Å². The van der Waals surface area contributed by atoms with Crippen LogP contribution in [-0.4, -0.2) is 20.7 Å². The summed E-state index contributed by atoms with van der Waals surface area (Å²) in [5, 5.41) is 9.82. The Morgan fingerprint density at radius 1 is 1.00 bits per heavy atom. The third-order valence-corrected chi connectivity index (χ3v) is 4.91. The molecule has 28 heavy (non-hydrogen) atoms. The van der Waals surface area contributed by atoms with E-state index < -0.39 is 5.91 Å². The van der Waals surface area contributed by atoms with E-state index in [2.05, 4.69) is 15.4 Å². The van der Waals surface area contributed by atoms with Gasteiger partial charge in [-0.25, -0.2) is 4.98 Å². The van der Waals surface area contributed by atoms with E-state index in [1.165, 1.54) is 28.2 Å². The molecule has 2 heterocycles. The molecule has 1 amide bonds. The smallest absolute Gasteiger partial charge is 0.277 e. The molecule has 0 saturated heterocycles. The number of nitrogens with one attached hydrogen (secondary N) is 1. The average Bonchev–Trinajstić information content (AvgIpc) is 3.18. The van der Waals surface area contributed by atoms with Gasteiger partial charge in [0.1, 0.15) is 5.69 Å². The molecule has 0 aliphatic rings. The highest BCUT2D eigenvalue weighted by Crippen LogP contribution is 2.26. The Kier molecular flexibility index (Phi) is 5.01. The minimum atomic E-state index is -0.443. The van der Waals surface area contributed by atoms with Crippen LogP contribution in [0.3, 0.4) is 0 Å². The van der Waals surface area contributed by atoms with Crippen molar-refractivity contribution in [2.45, 2.75) is 0 Å². The van der Waals surface area contributed by atoms with Gasteiger partial charge in [0.25, 0.3) is 11.5 Å². The van der Waals surface area contributed by atoms with Crippen molar-refractivity contribution >= 4 is 34.0 Å². The number of amides is 1. The van der Waals surface area contributed by atoms with Crippen LogP contribution in [0.15, 0.2) is 76.9 Å². The third kappa shape index (κ3) is 3.85. The zero-order valence-electron chi connectivity index (χ0n) is 14.4. The number of carbonyl (C=O) groups excluding carboxylic acids is 1. The van der Waals surface area contributed by atoms with Gasteiger partial charge in [0.05, 0.1) is 11.4 Å². The highest BCUT2D eigenvalue weighted by molar-refractivity contribution is 7.14. The number of benzene rings is 2. The van der Waals surface area contributed by atoms with Crippen molar-refractivity contribution in [2.24, 2.45) is 0 Å². The fourth-order valence-corrected chi connectivity index (χ4v) is 3.37. The number of carbonyl (C=O) groups is 1. The first-order valence-electron chi connectivity index (χ1n) is 8.29. The second kappa shape index (κ2) is 7.75. The van der Waals surface area contributed by atoms with Gasteiger partial charge < -0.3 is 0 Å². The van der Waals surface area contributed by atoms with E-state index in [1.54, 1.807) is 36.4 Å². The molecule has 6 nitrogen and oxygen atoms in total. The Labute approximate surface area is 169 Å². The van der Waals surface area contributed by atoms with Gasteiger partial charge in [-0.1, -0.05) is 41.9 Å². The topological polar surface area (TPSA) is 76.9 Å². The highest BCUT2D eigenvalue weighted by atomic mass is 35.5. The van der Waals surface area contributed by atoms with E-state index in [-0.39, 0.29) is 11.3 Å². The van der Waals surface area contributed by atoms with Crippen LogP contribution in [0.1, 0.15) is 10.5 Å². The van der Waals surface area contributed by atoms with Crippen molar-refractivity contribution < 1.29 is 4.79 Å². The lowest BCUT2D eigenvalue weighted by Gasteiger charge is -2.06. The lowest BCUT2D eigenvalue weighted by molar-refractivity contribution is 0.102. The maximum absolute atomic E-state index is 12.6. The Balaban J connectivity index is 1.56. The Bertz CT molecular complexity index is 1190. The molecule has 0 radical (unpaired) electrons. The summed E-state index contributed by atoms with van der Waals surface area (Å²) in [7, 11) is 0. The number of hydrogen-bond donors (Lipinski definition) is 1. The average molecular weight is 409 g/mol. The first-order valence-corrected chi connectivity index (χ1v) is 9.54. The van der Waals surface area contributed by atoms with E-state index in [9.17, 15) is 9.59 Å². The molecule has 2 aromatic carbocycles. The third-order valence-electron chi connectivity index (χ3n) is 3.90. The zero-order chi connectivity index (χ0) is 19.5. The summed E-state index contributed by atoms with van der Waals surface area (Å²) in [5.41, 5.74) is 2.02. The molecule has 0 aliphatic heterocycles. The van der Waals surface area contributed by atoms with Crippen molar-refractivity contribution in [1.29, 1.82) is 0 Å². The van der Waals surface area contributed by atoms with Gasteiger partial charge >= 0.3 is 0 Å². The van der Waals surface area contributed by atoms with Gasteiger partial charge in [0.15, 0.2) is 5.13 Å². The summed E-state index contributed by atoms with van der Waals surface area (Å²) in [6, 6.07) is 18.9. The van der Waals surface area contributed by atoms with Crippen LogP contribution in [0.25, 0.3) is 16.9 Å². The molecule has 0 saturated carbocycles. The highest BCUT2D eigenvalue weighted by Gasteiger charge is 2.13. The fraction of sp³-hybridized carbons (Fsp3) is 0. The monoisotopic (exact) mass is 408 g/mol. The molecule has 2 aromatic heterocycles. The summed E-state index contributed by atoms with van der Waals surface area (Å²) in [6.45, 7) is 0. The van der Waals surface area contributed by atoms with Crippen LogP contribution in [0.2, 0.25) is 5.02 Å². The molecule has 8 heteroatoms. The van der Waals surface area contributed by atoms with Crippen LogP contribution < -0.4 is 10.9 Å². The second-order valence-electron chi connectivity index (χ2n) is 5.80. The predicted molar refractivity (Wildman–Crippen MR) is 110 cm³/mol. The lowest BCUT2D eigenvalue weighted by Crippen LogP contribution is -2.24. The van der Waals surface area contributed by atoms with Gasteiger partial charge in [-0.3, -0.25) is 14.9 Å². The Morgan fingerprint density at radius 2 is 1.75 bits per heavy atom. The summed E-state index contributed by atoms with van der Waals surface area (Å²) in [4.78, 5) is 29.1. The van der Waals surface area contributed by atoms with Crippen LogP contribution in [0.4, 0.5) is 5.13 Å². The number of nitrogens with zero attached hydrogens (tertiary/aromatic N) is 3. The fourth-order valence-electron chi connectivity index (χ4n) is 2.53. The number of para-hydroxylation sites is 1. The SMILES string of the molecule is O=C(Nc1nc(-c2ccc(Cl)cc2)cs1)c1ccc(=O)n(-c2ccccc2)n1. The minimum absolute atomic E-state index is 0.117. The molecule has 0 bridgehead atoms. The molecular formula is C20H13ClN4O2S. The van der Waals surface area contributed by atoms with Gasteiger partial charge in [0, 0.05) is 22.0 Å². The van der Waals surface area contributed by atoms with Crippen LogP contribution >= 0.6 is 22.9 Å². The van der Waals surface area contributed by atoms with E-state index in [0.29, 0.717) is 15.8 Å². The van der Waals surface area contributed by atoms with Crippen LogP contribution in [0.5, 0.6) is 0 Å². The molecule has 1 N–H and O–H groups in total. The summed E-state index contributed by atoms with van der Waals surface area (Å²) >= 11 is 7.21. The molecule has 138 valence electrons. The van der Waals surface area contributed by atoms with Crippen molar-refractivity contribution in [1.82, 2.24) is 14.8 Å². The normalized spacial score (nSPS) is 10.6. The number of anilines is 1. The van der Waals surface area contributed by atoms with Gasteiger partial charge in [-0.05, 0) is 30.3 Å². The molecule has 0 unspecified atom stereocenters. The molecule has 0 fully saturated rings. The lowest BCUT2D eigenvalue weighted by atomic mass is 10.2. The summed E-state index contributed by atoms with van der Waals surface area (Å²) < 4.78 is 1.19. The van der Waals surface area contributed by atoms with Crippen molar-refractivity contribution in [3.05, 3.63) is 93.2 Å². The number of hydrogen-bond acceptors (Lipinski definition) is 5. The van der Waals surface area contributed by atoms with Crippen LogP contribution in [-0.2, 0) is 0 Å². The number of halogens is 1. The van der Waals surface area contributed by atoms with Crippen LogP contribution in [0, 0.1) is 0 Å². The Morgan fingerprint density at radius 3 is 2.50 bits per heavy atom. The molecule has 0 spiro atoms. The molecule has 4 rings (SSSR count). The van der Waals surface area contributed by atoms with Crippen molar-refractivity contribution in [3.8, 4) is 16.9 Å². The summed E-state index contributed by atoms with van der Waals surface area (Å²) in [6.07, 6.45) is 0. The maximum Gasteiger partial charge on any atom is 0.277 e. The number of aromatic nitrogens is 3. The van der Waals surface area contributed by atoms with E-state index in [1.807, 2.05) is 23.6 Å². The predicted octanol–water partition coefficient (Wildman–Crippen LogP) is 4.26. The van der Waals surface area contributed by atoms with E-state index >= 15 is 0 Å². The molecule has 4 aromatic rings. The van der Waals surface area contributed by atoms with Crippen molar-refractivity contribution in [3.63, 3.8) is 0 Å². The molecule has 0 aliphatic carbocycles. The Hall–Kier alpha value is -3.29. The maximum atomic E-state index is 12.6. The first-order chi connectivity index (χ1) is 13.6. The number of rotatable bonds is 4. The first kappa shape index (κ1) is 18.1. The van der Waals surface area contributed by atoms with E-state index in [4.69, 9.17) is 11.6 Å². The van der Waals surface area contributed by atoms with E-state index in [0.717, 1.165) is 11.3 Å². The zero-order valence-corrected chi connectivity index (χ0v) is 15.9. The van der Waals surface area contributed by atoms with Crippen molar-refractivity contribution in [2.75, 3.05) is 5.32 Å². The molecule has 0 atom stereocenters. The second-order valence-corrected chi connectivity index (χ2v) is 7.10. The molecular weight excluding hydrogens is 396 g/mol. The number of thiazole rings is 1. The quantitative estimate of drug-likeness (QED) is 0.547. The standard InChI is InChI=1S/C20H13ClN4O2S/c21-14-8-6-13(7-9-14)17-12-28-20(22-17)23-19(27)16-10-11-18(26)25(24-16)15-4-2-1-3-5-15/h1-12H,(H,22,23,27).